The number of carbonyl (C=O) groups is 3. The van der Waals surface area contributed by atoms with Crippen LogP contribution < -0.4 is 10.6 Å². The Morgan fingerprint density at radius 3 is 2.25 bits per heavy atom. The second kappa shape index (κ2) is 8.44. The fraction of sp³-hybridized carbons (Fsp3) is 0.400. The van der Waals surface area contributed by atoms with Gasteiger partial charge >= 0.3 is 5.97 Å². The third-order valence-corrected chi connectivity index (χ3v) is 4.11. The zero-order chi connectivity index (χ0) is 18.3. The fourth-order valence-corrected chi connectivity index (χ4v) is 2.49. The van der Waals surface area contributed by atoms with Crippen molar-refractivity contribution in [3.8, 4) is 0 Å². The van der Waals surface area contributed by atoms with Gasteiger partial charge in [-0.2, -0.15) is 0 Å². The number of anilines is 1. The molecular formula is C15H20N2O6S. The van der Waals surface area contributed by atoms with Crippen molar-refractivity contribution in [1.82, 2.24) is 5.32 Å². The largest absolute Gasteiger partial charge is 0.478 e. The Morgan fingerprint density at radius 1 is 1.08 bits per heavy atom. The smallest absolute Gasteiger partial charge is 0.335 e. The molecule has 1 aromatic carbocycles. The van der Waals surface area contributed by atoms with E-state index in [0.29, 0.717) is 6.54 Å². The van der Waals surface area contributed by atoms with Gasteiger partial charge < -0.3 is 15.7 Å². The zero-order valence-electron chi connectivity index (χ0n) is 13.5. The summed E-state index contributed by atoms with van der Waals surface area (Å²) >= 11 is 0. The Morgan fingerprint density at radius 2 is 1.71 bits per heavy atom. The van der Waals surface area contributed by atoms with Crippen molar-refractivity contribution in [2.24, 2.45) is 0 Å². The number of nitrogens with one attached hydrogen (secondary N) is 2. The molecule has 0 aromatic heterocycles. The van der Waals surface area contributed by atoms with Gasteiger partial charge in [-0.25, -0.2) is 13.2 Å². The highest BCUT2D eigenvalue weighted by Gasteiger charge is 2.15. The quantitative estimate of drug-likeness (QED) is 0.638. The average molecular weight is 356 g/mol. The second-order valence-corrected chi connectivity index (χ2v) is 7.24. The summed E-state index contributed by atoms with van der Waals surface area (Å²) < 4.78 is 23.2. The highest BCUT2D eigenvalue weighted by Crippen LogP contribution is 2.19. The number of benzene rings is 1. The maximum atomic E-state index is 11.8. The second-order valence-electron chi connectivity index (χ2n) is 5.22. The Balaban J connectivity index is 2.83. The van der Waals surface area contributed by atoms with Gasteiger partial charge in [0, 0.05) is 31.3 Å². The van der Waals surface area contributed by atoms with Crippen LogP contribution in [0.5, 0.6) is 0 Å². The molecule has 1 rings (SSSR count). The number of hydrogen-bond acceptors (Lipinski definition) is 5. The third kappa shape index (κ3) is 6.37. The Bertz CT molecular complexity index is 742. The first kappa shape index (κ1) is 19.6. The van der Waals surface area contributed by atoms with Crippen molar-refractivity contribution in [2.45, 2.75) is 31.1 Å². The van der Waals surface area contributed by atoms with E-state index in [4.69, 9.17) is 5.11 Å². The number of carboxylic acid groups (broad SMARTS) is 1. The lowest BCUT2D eigenvalue weighted by Crippen LogP contribution is -2.25. The van der Waals surface area contributed by atoms with Gasteiger partial charge in [0.05, 0.1) is 10.5 Å². The minimum Gasteiger partial charge on any atom is -0.478 e. The van der Waals surface area contributed by atoms with Crippen molar-refractivity contribution in [2.75, 3.05) is 18.1 Å². The number of carbonyl (C=O) groups excluding carboxylic acids is 2. The van der Waals surface area contributed by atoms with Crippen molar-refractivity contribution in [1.29, 1.82) is 0 Å². The average Bonchev–Trinajstić information content (AvgIpc) is 2.49. The lowest BCUT2D eigenvalue weighted by Gasteiger charge is -2.09. The Hall–Kier alpha value is -2.42. The molecule has 0 atom stereocenters. The molecule has 0 saturated heterocycles. The Kier molecular flexibility index (Phi) is 6.90. The van der Waals surface area contributed by atoms with Crippen LogP contribution in [0, 0.1) is 0 Å². The molecule has 2 amide bonds. The summed E-state index contributed by atoms with van der Waals surface area (Å²) in [6.07, 6.45) is 1.62. The molecule has 0 unspecified atom stereocenters. The van der Waals surface area contributed by atoms with Gasteiger partial charge in [0.15, 0.2) is 9.84 Å². The van der Waals surface area contributed by atoms with E-state index in [1.165, 1.54) is 6.07 Å². The molecule has 3 N–H and O–H groups in total. The van der Waals surface area contributed by atoms with Crippen LogP contribution in [0.2, 0.25) is 0 Å². The molecule has 0 aliphatic carbocycles. The molecule has 1 aromatic rings. The van der Waals surface area contributed by atoms with Gasteiger partial charge in [0.1, 0.15) is 0 Å². The maximum absolute atomic E-state index is 11.8. The fourth-order valence-electron chi connectivity index (χ4n) is 1.81. The van der Waals surface area contributed by atoms with E-state index >= 15 is 0 Å². The van der Waals surface area contributed by atoms with Gasteiger partial charge in [0.2, 0.25) is 11.8 Å². The molecular weight excluding hydrogens is 336 g/mol. The van der Waals surface area contributed by atoms with Gasteiger partial charge in [-0.15, -0.1) is 0 Å². The number of sulfone groups is 1. The maximum Gasteiger partial charge on any atom is 0.335 e. The van der Waals surface area contributed by atoms with Crippen LogP contribution >= 0.6 is 0 Å². The topological polar surface area (TPSA) is 130 Å². The van der Waals surface area contributed by atoms with E-state index in [0.717, 1.165) is 24.8 Å². The normalized spacial score (nSPS) is 10.9. The van der Waals surface area contributed by atoms with E-state index in [1.807, 2.05) is 6.92 Å². The van der Waals surface area contributed by atoms with Crippen LogP contribution in [0.4, 0.5) is 5.69 Å². The van der Waals surface area contributed by atoms with Crippen molar-refractivity contribution in [3.63, 3.8) is 0 Å². The van der Waals surface area contributed by atoms with Crippen LogP contribution in [-0.2, 0) is 19.4 Å². The Labute approximate surface area is 140 Å². The number of hydrogen-bond donors (Lipinski definition) is 3. The van der Waals surface area contributed by atoms with Crippen LogP contribution in [0.25, 0.3) is 0 Å². The molecule has 0 radical (unpaired) electrons. The number of aromatic carboxylic acids is 1. The lowest BCUT2D eigenvalue weighted by atomic mass is 10.2. The van der Waals surface area contributed by atoms with E-state index < -0.39 is 21.7 Å². The number of amides is 2. The number of carboxylic acids is 1. The van der Waals surface area contributed by atoms with Gasteiger partial charge in [-0.3, -0.25) is 9.59 Å². The van der Waals surface area contributed by atoms with Crippen molar-refractivity contribution >= 4 is 33.3 Å². The minimum atomic E-state index is -3.63. The van der Waals surface area contributed by atoms with Gasteiger partial charge in [-0.05, 0) is 24.6 Å². The summed E-state index contributed by atoms with van der Waals surface area (Å²) in [5.41, 5.74) is -0.205. The summed E-state index contributed by atoms with van der Waals surface area (Å²) in [5.74, 6) is -2.08. The summed E-state index contributed by atoms with van der Waals surface area (Å²) in [7, 11) is -3.63. The standard InChI is InChI=1S/C15H20N2O6S/c1-3-6-16-13(18)4-5-14(19)17-11-7-10(15(20)21)8-12(9-11)24(2,22)23/h7-9H,3-6H2,1-2H3,(H,16,18)(H,17,19)(H,20,21). The molecule has 0 aliphatic heterocycles. The van der Waals surface area contributed by atoms with E-state index in [9.17, 15) is 22.8 Å². The first-order chi connectivity index (χ1) is 11.1. The van der Waals surface area contributed by atoms with Crippen LogP contribution in [0.1, 0.15) is 36.5 Å². The highest BCUT2D eigenvalue weighted by molar-refractivity contribution is 7.90. The van der Waals surface area contributed by atoms with Crippen molar-refractivity contribution in [3.05, 3.63) is 23.8 Å². The molecule has 0 bridgehead atoms. The minimum absolute atomic E-state index is 0.0105. The summed E-state index contributed by atoms with van der Waals surface area (Å²) in [6.45, 7) is 2.43. The molecule has 0 spiro atoms. The zero-order valence-corrected chi connectivity index (χ0v) is 14.3. The van der Waals surface area contributed by atoms with Crippen molar-refractivity contribution < 1.29 is 27.9 Å². The molecule has 0 fully saturated rings. The summed E-state index contributed by atoms with van der Waals surface area (Å²) in [6, 6.07) is 3.36. The van der Waals surface area contributed by atoms with E-state index in [-0.39, 0.29) is 34.9 Å². The molecule has 9 heteroatoms. The lowest BCUT2D eigenvalue weighted by molar-refractivity contribution is -0.124. The summed E-state index contributed by atoms with van der Waals surface area (Å²) in [5, 5.41) is 14.1. The van der Waals surface area contributed by atoms with Gasteiger partial charge in [-0.1, -0.05) is 6.92 Å². The predicted molar refractivity (Wildman–Crippen MR) is 87.7 cm³/mol. The highest BCUT2D eigenvalue weighted by atomic mass is 32.2. The van der Waals surface area contributed by atoms with E-state index in [2.05, 4.69) is 10.6 Å². The van der Waals surface area contributed by atoms with E-state index in [1.54, 1.807) is 0 Å². The SMILES string of the molecule is CCCNC(=O)CCC(=O)Nc1cc(C(=O)O)cc(S(C)(=O)=O)c1. The molecule has 8 nitrogen and oxygen atoms in total. The predicted octanol–water partition coefficient (Wildman–Crippen LogP) is 1.03. The molecule has 0 aliphatic rings. The monoisotopic (exact) mass is 356 g/mol. The van der Waals surface area contributed by atoms with Crippen LogP contribution in [-0.4, -0.2) is 44.1 Å². The molecule has 24 heavy (non-hydrogen) atoms. The van der Waals surface area contributed by atoms with Gasteiger partial charge in [0.25, 0.3) is 0 Å². The van der Waals surface area contributed by atoms with Crippen LogP contribution in [0.3, 0.4) is 0 Å². The molecule has 0 heterocycles. The third-order valence-electron chi connectivity index (χ3n) is 3.02. The molecule has 132 valence electrons. The summed E-state index contributed by atoms with van der Waals surface area (Å²) in [4.78, 5) is 34.1. The molecule has 0 saturated carbocycles. The first-order valence-corrected chi connectivity index (χ1v) is 9.17. The number of rotatable bonds is 8. The first-order valence-electron chi connectivity index (χ1n) is 7.28. The van der Waals surface area contributed by atoms with Crippen LogP contribution in [0.15, 0.2) is 23.1 Å².